The van der Waals surface area contributed by atoms with Crippen molar-refractivity contribution in [2.24, 2.45) is 0 Å². The fourth-order valence-corrected chi connectivity index (χ4v) is 5.97. The maximum Gasteiger partial charge on any atom is 0.319 e. The predicted octanol–water partition coefficient (Wildman–Crippen LogP) is 11.2. The molecule has 3 nitrogen and oxygen atoms in total. The van der Waals surface area contributed by atoms with Crippen LogP contribution >= 0.6 is 54.7 Å². The van der Waals surface area contributed by atoms with Gasteiger partial charge in [0, 0.05) is 31.9 Å². The van der Waals surface area contributed by atoms with E-state index in [1.807, 2.05) is 97.1 Å². The van der Waals surface area contributed by atoms with Crippen LogP contribution in [-0.2, 0) is 13.6 Å². The van der Waals surface area contributed by atoms with Crippen LogP contribution in [0, 0.1) is 0 Å². The molecule has 0 amide bonds. The summed E-state index contributed by atoms with van der Waals surface area (Å²) in [5, 5.41) is 2.80. The lowest BCUT2D eigenvalue weighted by Gasteiger charge is -2.19. The second-order valence-electron chi connectivity index (χ2n) is 9.54. The molecule has 0 unspecified atom stereocenters. The zero-order valence-corrected chi connectivity index (χ0v) is 25.9. The van der Waals surface area contributed by atoms with Crippen molar-refractivity contribution in [1.82, 2.24) is 0 Å². The van der Waals surface area contributed by atoms with Crippen LogP contribution in [0.5, 0.6) is 0 Å². The molecular weight excluding hydrogens is 605 g/mol. The summed E-state index contributed by atoms with van der Waals surface area (Å²) in [7, 11) is -2.58. The van der Waals surface area contributed by atoms with Gasteiger partial charge in [0.05, 0.1) is 13.2 Å². The van der Waals surface area contributed by atoms with Crippen molar-refractivity contribution in [2.75, 3.05) is 13.2 Å². The first-order chi connectivity index (χ1) is 19.4. The van der Waals surface area contributed by atoms with E-state index in [0.29, 0.717) is 33.3 Å². The Morgan fingerprint density at radius 2 is 0.725 bits per heavy atom. The van der Waals surface area contributed by atoms with Gasteiger partial charge in [-0.1, -0.05) is 94.9 Å². The van der Waals surface area contributed by atoms with Gasteiger partial charge in [-0.2, -0.15) is 0 Å². The molecule has 40 heavy (non-hydrogen) atoms. The molecule has 0 atom stereocenters. The summed E-state index contributed by atoms with van der Waals surface area (Å²) in [6.07, 6.45) is 3.10. The summed E-state index contributed by atoms with van der Waals surface area (Å²) in [5.41, 5.74) is 4.64. The quantitative estimate of drug-likeness (QED) is 0.102. The van der Waals surface area contributed by atoms with Crippen LogP contribution in [0.15, 0.2) is 97.1 Å². The topological polar surface area (TPSA) is 35.5 Å². The molecule has 0 saturated carbocycles. The minimum absolute atomic E-state index is 0.152. The molecule has 0 N–H and O–H groups in total. The van der Waals surface area contributed by atoms with Gasteiger partial charge >= 0.3 is 8.25 Å². The largest absolute Gasteiger partial charge is 0.319 e. The summed E-state index contributed by atoms with van der Waals surface area (Å²) in [6, 6.07) is 31.5. The summed E-state index contributed by atoms with van der Waals surface area (Å²) < 4.78 is 23.6. The maximum absolute atomic E-state index is 12.4. The number of hydrogen-bond acceptors (Lipinski definition) is 3. The Morgan fingerprint density at radius 3 is 0.975 bits per heavy atom. The molecule has 0 aliphatic rings. The highest BCUT2D eigenvalue weighted by molar-refractivity contribution is 7.33. The van der Waals surface area contributed by atoms with E-state index in [-0.39, 0.29) is 11.8 Å². The molecule has 0 fully saturated rings. The predicted molar refractivity (Wildman–Crippen MR) is 169 cm³/mol. The SMILES string of the molecule is O=[PH](OCCCC(c1ccc(Cl)cc1)c1ccc(Cl)cc1)OCCCC(c1ccc(Cl)cc1)c1ccc(Cl)cc1. The zero-order chi connectivity index (χ0) is 28.3. The van der Waals surface area contributed by atoms with E-state index >= 15 is 0 Å². The van der Waals surface area contributed by atoms with Gasteiger partial charge in [-0.3, -0.25) is 4.57 Å². The third-order valence-corrected chi connectivity index (χ3v) is 8.69. The second-order valence-corrected chi connectivity index (χ2v) is 12.4. The molecule has 0 bridgehead atoms. The molecule has 0 aliphatic carbocycles. The molecule has 4 rings (SSSR count). The van der Waals surface area contributed by atoms with Crippen molar-refractivity contribution in [3.63, 3.8) is 0 Å². The van der Waals surface area contributed by atoms with Crippen molar-refractivity contribution < 1.29 is 13.6 Å². The molecule has 0 saturated heterocycles. The van der Waals surface area contributed by atoms with Gasteiger partial charge in [0.2, 0.25) is 0 Å². The van der Waals surface area contributed by atoms with Gasteiger partial charge in [0.15, 0.2) is 0 Å². The summed E-state index contributed by atoms with van der Waals surface area (Å²) in [6.45, 7) is 0.710. The molecule has 4 aromatic carbocycles. The average Bonchev–Trinajstić information content (AvgIpc) is 2.96. The Morgan fingerprint density at radius 1 is 0.475 bits per heavy atom. The average molecular weight is 636 g/mol. The van der Waals surface area contributed by atoms with Gasteiger partial charge in [-0.25, -0.2) is 0 Å². The minimum Gasteiger partial charge on any atom is -0.311 e. The number of hydrogen-bond donors (Lipinski definition) is 0. The van der Waals surface area contributed by atoms with Gasteiger partial charge in [-0.05, 0) is 96.5 Å². The summed E-state index contributed by atoms with van der Waals surface area (Å²) >= 11 is 24.4. The summed E-state index contributed by atoms with van der Waals surface area (Å²) in [4.78, 5) is 0. The van der Waals surface area contributed by atoms with Crippen LogP contribution < -0.4 is 0 Å². The lowest BCUT2D eigenvalue weighted by atomic mass is 9.87. The third kappa shape index (κ3) is 9.64. The Balaban J connectivity index is 1.24. The van der Waals surface area contributed by atoms with E-state index in [4.69, 9.17) is 55.5 Å². The highest BCUT2D eigenvalue weighted by atomic mass is 35.5. The van der Waals surface area contributed by atoms with Crippen LogP contribution in [0.25, 0.3) is 0 Å². The first-order valence-corrected chi connectivity index (χ1v) is 15.9. The van der Waals surface area contributed by atoms with Crippen molar-refractivity contribution in [1.29, 1.82) is 0 Å². The monoisotopic (exact) mass is 634 g/mol. The third-order valence-electron chi connectivity index (χ3n) is 6.80. The van der Waals surface area contributed by atoms with E-state index in [2.05, 4.69) is 0 Å². The van der Waals surface area contributed by atoms with E-state index in [9.17, 15) is 4.57 Å². The van der Waals surface area contributed by atoms with Crippen LogP contribution in [0.4, 0.5) is 0 Å². The number of halogens is 4. The van der Waals surface area contributed by atoms with Gasteiger partial charge in [0.25, 0.3) is 0 Å². The van der Waals surface area contributed by atoms with Gasteiger partial charge < -0.3 is 9.05 Å². The van der Waals surface area contributed by atoms with Crippen molar-refractivity contribution in [2.45, 2.75) is 37.5 Å². The van der Waals surface area contributed by atoms with E-state index < -0.39 is 8.25 Å². The maximum atomic E-state index is 12.4. The summed E-state index contributed by atoms with van der Waals surface area (Å²) in [5.74, 6) is 0.304. The molecule has 0 spiro atoms. The Kier molecular flexibility index (Phi) is 12.4. The normalized spacial score (nSPS) is 11.6. The van der Waals surface area contributed by atoms with Gasteiger partial charge in [0.1, 0.15) is 0 Å². The molecule has 8 heteroatoms. The molecule has 4 aromatic rings. The highest BCUT2D eigenvalue weighted by Crippen LogP contribution is 2.34. The highest BCUT2D eigenvalue weighted by Gasteiger charge is 2.16. The second kappa shape index (κ2) is 16.0. The van der Waals surface area contributed by atoms with Crippen LogP contribution in [0.2, 0.25) is 20.1 Å². The smallest absolute Gasteiger partial charge is 0.311 e. The van der Waals surface area contributed by atoms with Crippen LogP contribution in [0.3, 0.4) is 0 Å². The fourth-order valence-electron chi connectivity index (χ4n) is 4.76. The molecule has 210 valence electrons. The minimum atomic E-state index is -2.58. The molecule has 0 heterocycles. The van der Waals surface area contributed by atoms with Gasteiger partial charge in [-0.15, -0.1) is 0 Å². The molecule has 0 aromatic heterocycles. The number of rotatable bonds is 14. The Bertz CT molecular complexity index is 1150. The zero-order valence-electron chi connectivity index (χ0n) is 21.9. The Hall–Kier alpha value is -1.81. The van der Waals surface area contributed by atoms with Crippen molar-refractivity contribution in [3.05, 3.63) is 139 Å². The fraction of sp³-hybridized carbons (Fsp3) is 0.250. The lowest BCUT2D eigenvalue weighted by Crippen LogP contribution is -2.04. The van der Waals surface area contributed by atoms with E-state index in [1.54, 1.807) is 0 Å². The Labute approximate surface area is 257 Å². The molecule has 0 radical (unpaired) electrons. The van der Waals surface area contributed by atoms with Crippen LogP contribution in [0.1, 0.15) is 59.8 Å². The molecule has 0 aliphatic heterocycles. The first kappa shape index (κ1) is 31.1. The molecular formula is C32H31Cl4O3P. The van der Waals surface area contributed by atoms with E-state index in [1.165, 1.54) is 0 Å². The lowest BCUT2D eigenvalue weighted by molar-refractivity contribution is 0.218. The van der Waals surface area contributed by atoms with Crippen molar-refractivity contribution >= 4 is 54.7 Å². The van der Waals surface area contributed by atoms with Crippen molar-refractivity contribution in [3.8, 4) is 0 Å². The first-order valence-electron chi connectivity index (χ1n) is 13.2. The van der Waals surface area contributed by atoms with Crippen LogP contribution in [-0.4, -0.2) is 13.2 Å². The number of benzene rings is 4. The van der Waals surface area contributed by atoms with E-state index in [0.717, 1.165) is 47.9 Å². The standard InChI is InChI=1S/C32H31Cl4O3P/c33-27-13-5-23(6-14-27)31(24-7-15-28(34)16-8-24)3-1-21-38-40(37)39-22-2-4-32(25-9-17-29(35)18-10-25)26-11-19-30(36)20-12-26/h5-20,31-32,40H,1-4,21-22H2.